The molecule has 9 heteroatoms. The number of hydrogen-bond acceptors (Lipinski definition) is 7. The second kappa shape index (κ2) is 7.79. The van der Waals surface area contributed by atoms with Gasteiger partial charge in [-0.1, -0.05) is 0 Å². The molecule has 0 aliphatic carbocycles. The molecule has 2 unspecified atom stereocenters. The van der Waals surface area contributed by atoms with E-state index in [1.165, 1.54) is 0 Å². The molecule has 2 aromatic rings. The van der Waals surface area contributed by atoms with Crippen LogP contribution < -0.4 is 14.4 Å². The predicted octanol–water partition coefficient (Wildman–Crippen LogP) is 1.95. The number of nitrogens with zero attached hydrogens (tertiary/aromatic N) is 4. The Morgan fingerprint density at radius 2 is 1.86 bits per heavy atom. The van der Waals surface area contributed by atoms with Gasteiger partial charge in [-0.2, -0.15) is 9.29 Å². The Kier molecular flexibility index (Phi) is 5.35. The van der Waals surface area contributed by atoms with Crippen molar-refractivity contribution in [1.29, 1.82) is 0 Å². The fourth-order valence-electron chi connectivity index (χ4n) is 4.16. The second-order valence-corrected chi connectivity index (χ2v) is 9.44. The Hall–Kier alpha value is -2.39. The lowest BCUT2D eigenvalue weighted by Crippen LogP contribution is -2.33. The maximum atomic E-state index is 13.2. The van der Waals surface area contributed by atoms with Crippen LogP contribution in [0.5, 0.6) is 11.6 Å². The Labute approximate surface area is 171 Å². The zero-order valence-corrected chi connectivity index (χ0v) is 17.7. The molecule has 0 bridgehead atoms. The molecule has 2 aliphatic rings. The minimum Gasteiger partial charge on any atom is -0.494 e. The van der Waals surface area contributed by atoms with E-state index in [2.05, 4.69) is 14.9 Å². The molecule has 4 rings (SSSR count). The minimum absolute atomic E-state index is 0.267. The van der Waals surface area contributed by atoms with Crippen molar-refractivity contribution in [2.45, 2.75) is 18.7 Å². The number of aromatic nitrogens is 2. The van der Waals surface area contributed by atoms with Crippen LogP contribution in [-0.2, 0) is 10.0 Å². The zero-order valence-electron chi connectivity index (χ0n) is 16.9. The summed E-state index contributed by atoms with van der Waals surface area (Å²) >= 11 is 0. The number of anilines is 1. The first kappa shape index (κ1) is 19.9. The first-order valence-corrected chi connectivity index (χ1v) is 11.2. The van der Waals surface area contributed by atoms with Gasteiger partial charge < -0.3 is 14.4 Å². The molecule has 0 radical (unpaired) electrons. The number of aryl methyl sites for hydroxylation is 1. The Morgan fingerprint density at radius 1 is 1.14 bits per heavy atom. The van der Waals surface area contributed by atoms with Crippen molar-refractivity contribution < 1.29 is 17.9 Å². The molecule has 0 saturated carbocycles. The fraction of sp³-hybridized carbons (Fsp3) is 0.500. The molecule has 2 saturated heterocycles. The molecule has 3 heterocycles. The number of rotatable bonds is 6. The molecule has 8 nitrogen and oxygen atoms in total. The van der Waals surface area contributed by atoms with E-state index in [1.807, 2.05) is 13.8 Å². The van der Waals surface area contributed by atoms with Gasteiger partial charge in [0.15, 0.2) is 0 Å². The van der Waals surface area contributed by atoms with Crippen molar-refractivity contribution >= 4 is 16.0 Å². The van der Waals surface area contributed by atoms with E-state index in [4.69, 9.17) is 9.47 Å². The summed E-state index contributed by atoms with van der Waals surface area (Å²) in [5, 5.41) is 0. The Bertz CT molecular complexity index is 984. The van der Waals surface area contributed by atoms with Gasteiger partial charge >= 0.3 is 0 Å². The summed E-state index contributed by atoms with van der Waals surface area (Å²) < 4.78 is 38.6. The molecule has 156 valence electrons. The van der Waals surface area contributed by atoms with Crippen LogP contribution in [0.15, 0.2) is 35.4 Å². The summed E-state index contributed by atoms with van der Waals surface area (Å²) in [6.07, 6.45) is 1.68. The van der Waals surface area contributed by atoms with Crippen LogP contribution in [-0.4, -0.2) is 62.6 Å². The molecule has 29 heavy (non-hydrogen) atoms. The topological polar surface area (TPSA) is 84.9 Å². The van der Waals surface area contributed by atoms with E-state index in [0.717, 1.165) is 24.4 Å². The normalized spacial score (nSPS) is 22.0. The summed E-state index contributed by atoms with van der Waals surface area (Å²) in [6, 6.07) is 6.79. The first-order chi connectivity index (χ1) is 13.9. The number of methoxy groups -OCH3 is 1. The summed E-state index contributed by atoms with van der Waals surface area (Å²) in [4.78, 5) is 11.2. The summed E-state index contributed by atoms with van der Waals surface area (Å²) in [5.74, 6) is 2.42. The van der Waals surface area contributed by atoms with Gasteiger partial charge in [-0.3, -0.25) is 0 Å². The van der Waals surface area contributed by atoms with Gasteiger partial charge in [-0.15, -0.1) is 0 Å². The van der Waals surface area contributed by atoms with Crippen molar-refractivity contribution in [2.75, 3.05) is 44.8 Å². The van der Waals surface area contributed by atoms with Gasteiger partial charge in [0, 0.05) is 38.4 Å². The molecule has 0 amide bonds. The third kappa shape index (κ3) is 3.76. The molecule has 0 spiro atoms. The lowest BCUT2D eigenvalue weighted by atomic mass is 10.0. The van der Waals surface area contributed by atoms with E-state index >= 15 is 0 Å². The minimum atomic E-state index is -3.52. The molecule has 2 aliphatic heterocycles. The Balaban J connectivity index is 1.46. The molecule has 0 N–H and O–H groups in total. The van der Waals surface area contributed by atoms with Gasteiger partial charge in [0.25, 0.3) is 0 Å². The first-order valence-electron chi connectivity index (χ1n) is 9.78. The van der Waals surface area contributed by atoms with Crippen LogP contribution in [0.2, 0.25) is 0 Å². The molecule has 1 aromatic heterocycles. The lowest BCUT2D eigenvalue weighted by molar-refractivity contribution is 0.337. The van der Waals surface area contributed by atoms with E-state index in [-0.39, 0.29) is 11.8 Å². The average molecular weight is 419 g/mol. The van der Waals surface area contributed by atoms with E-state index < -0.39 is 10.0 Å². The van der Waals surface area contributed by atoms with Crippen LogP contribution in [0.1, 0.15) is 12.5 Å². The summed E-state index contributed by atoms with van der Waals surface area (Å²) in [7, 11) is -1.94. The highest BCUT2D eigenvalue weighted by Gasteiger charge is 2.45. The summed E-state index contributed by atoms with van der Waals surface area (Å²) in [6.45, 7) is 6.84. The van der Waals surface area contributed by atoms with Gasteiger partial charge in [-0.05, 0) is 49.4 Å². The number of fused-ring (bicyclic) bond motifs is 1. The molecule has 1 aromatic carbocycles. The van der Waals surface area contributed by atoms with E-state index in [0.29, 0.717) is 36.4 Å². The lowest BCUT2D eigenvalue weighted by Gasteiger charge is -2.22. The third-order valence-corrected chi connectivity index (χ3v) is 7.47. The van der Waals surface area contributed by atoms with Crippen LogP contribution in [0.4, 0.5) is 5.95 Å². The van der Waals surface area contributed by atoms with Gasteiger partial charge in [-0.25, -0.2) is 13.4 Å². The quantitative estimate of drug-likeness (QED) is 0.709. The maximum absolute atomic E-state index is 13.2. The number of sulfonamides is 1. The second-order valence-electron chi connectivity index (χ2n) is 7.51. The SMILES string of the molecule is CCOc1ccc(S(=O)(=O)N2CC3CN(c4nccc(OC)n4)CC3C2)cc1C. The monoisotopic (exact) mass is 418 g/mol. The molecular weight excluding hydrogens is 392 g/mol. The standard InChI is InChI=1S/C20H26N4O4S/c1-4-28-18-6-5-17(9-14(18)2)29(25,26)24-12-15-10-23(11-16(15)13-24)20-21-8-7-19(22-20)27-3/h5-9,15-16H,4,10-13H2,1-3H3. The Morgan fingerprint density at radius 3 is 2.48 bits per heavy atom. The smallest absolute Gasteiger partial charge is 0.243 e. The molecule has 2 atom stereocenters. The number of ether oxygens (including phenoxy) is 2. The van der Waals surface area contributed by atoms with Crippen LogP contribution >= 0.6 is 0 Å². The van der Waals surface area contributed by atoms with Crippen LogP contribution in [0, 0.1) is 18.8 Å². The van der Waals surface area contributed by atoms with Crippen molar-refractivity contribution in [3.8, 4) is 11.6 Å². The number of hydrogen-bond donors (Lipinski definition) is 0. The largest absolute Gasteiger partial charge is 0.494 e. The van der Waals surface area contributed by atoms with Gasteiger partial charge in [0.2, 0.25) is 21.9 Å². The van der Waals surface area contributed by atoms with Crippen molar-refractivity contribution in [3.63, 3.8) is 0 Å². The third-order valence-electron chi connectivity index (χ3n) is 5.65. The van der Waals surface area contributed by atoms with Crippen molar-refractivity contribution in [2.24, 2.45) is 11.8 Å². The molecule has 2 fully saturated rings. The highest BCUT2D eigenvalue weighted by Crippen LogP contribution is 2.36. The van der Waals surface area contributed by atoms with Gasteiger partial charge in [0.1, 0.15) is 5.75 Å². The van der Waals surface area contributed by atoms with Gasteiger partial charge in [0.05, 0.1) is 18.6 Å². The summed E-state index contributed by atoms with van der Waals surface area (Å²) in [5.41, 5.74) is 0.827. The van der Waals surface area contributed by atoms with Crippen molar-refractivity contribution in [3.05, 3.63) is 36.0 Å². The molecular formula is C20H26N4O4S. The van der Waals surface area contributed by atoms with E-state index in [9.17, 15) is 8.42 Å². The number of benzene rings is 1. The van der Waals surface area contributed by atoms with Crippen molar-refractivity contribution in [1.82, 2.24) is 14.3 Å². The highest BCUT2D eigenvalue weighted by atomic mass is 32.2. The fourth-order valence-corrected chi connectivity index (χ4v) is 5.80. The van der Waals surface area contributed by atoms with E-state index in [1.54, 1.807) is 41.9 Å². The maximum Gasteiger partial charge on any atom is 0.243 e. The highest BCUT2D eigenvalue weighted by molar-refractivity contribution is 7.89. The van der Waals surface area contributed by atoms with Crippen LogP contribution in [0.25, 0.3) is 0 Å². The zero-order chi connectivity index (χ0) is 20.6. The average Bonchev–Trinajstić information content (AvgIpc) is 3.29. The van der Waals surface area contributed by atoms with Crippen LogP contribution in [0.3, 0.4) is 0 Å². The predicted molar refractivity (Wildman–Crippen MR) is 109 cm³/mol.